The third-order valence-electron chi connectivity index (χ3n) is 5.28. The number of para-hydroxylation sites is 1. The molecule has 8 heteroatoms. The van der Waals surface area contributed by atoms with E-state index >= 15 is 0 Å². The molecule has 3 aromatic rings. The Labute approximate surface area is 168 Å². The maximum absolute atomic E-state index is 12.5. The van der Waals surface area contributed by atoms with Gasteiger partial charge < -0.3 is 9.88 Å². The number of aryl methyl sites for hydroxylation is 4. The number of imidazole rings is 1. The fourth-order valence-electron chi connectivity index (χ4n) is 3.58. The molecule has 0 aliphatic rings. The van der Waals surface area contributed by atoms with Crippen molar-refractivity contribution >= 4 is 22.8 Å². The molecule has 0 saturated carbocycles. The number of fused-ring (bicyclic) bond motifs is 1. The molecule has 0 fully saturated rings. The number of anilines is 1. The Hall–Kier alpha value is -3.16. The number of rotatable bonds is 7. The summed E-state index contributed by atoms with van der Waals surface area (Å²) < 4.78 is 4.14. The molecule has 0 aliphatic carbocycles. The lowest BCUT2D eigenvalue weighted by atomic mass is 10.0. The molecule has 0 spiro atoms. The molecule has 29 heavy (non-hydrogen) atoms. The van der Waals surface area contributed by atoms with Gasteiger partial charge in [0.1, 0.15) is 0 Å². The number of amides is 1. The fraction of sp³-hybridized carbons (Fsp3) is 0.429. The van der Waals surface area contributed by atoms with Crippen LogP contribution >= 0.6 is 0 Å². The molecule has 3 rings (SSSR count). The number of aromatic nitrogens is 4. The molecule has 0 aliphatic heterocycles. The van der Waals surface area contributed by atoms with Gasteiger partial charge in [0.25, 0.3) is 5.56 Å². The number of carbonyl (C=O) groups is 1. The third kappa shape index (κ3) is 3.87. The Bertz CT molecular complexity index is 1150. The Morgan fingerprint density at radius 2 is 1.72 bits per heavy atom. The highest BCUT2D eigenvalue weighted by molar-refractivity contribution is 5.92. The molecule has 154 valence electrons. The molecule has 0 saturated heterocycles. The van der Waals surface area contributed by atoms with Crippen molar-refractivity contribution in [1.29, 1.82) is 0 Å². The average molecular weight is 397 g/mol. The van der Waals surface area contributed by atoms with E-state index in [-0.39, 0.29) is 11.5 Å². The summed E-state index contributed by atoms with van der Waals surface area (Å²) in [6.45, 7) is 4.61. The predicted molar refractivity (Wildman–Crippen MR) is 113 cm³/mol. The Morgan fingerprint density at radius 3 is 2.34 bits per heavy atom. The van der Waals surface area contributed by atoms with Gasteiger partial charge in [-0.25, -0.2) is 9.78 Å². The van der Waals surface area contributed by atoms with Gasteiger partial charge in [0, 0.05) is 32.7 Å². The molecular formula is C21H27N5O3. The van der Waals surface area contributed by atoms with Crippen molar-refractivity contribution in [3.63, 3.8) is 0 Å². The van der Waals surface area contributed by atoms with Gasteiger partial charge in [0.05, 0.1) is 6.33 Å². The van der Waals surface area contributed by atoms with E-state index < -0.39 is 5.69 Å². The molecule has 0 atom stereocenters. The van der Waals surface area contributed by atoms with Crippen molar-refractivity contribution in [2.45, 2.75) is 46.1 Å². The number of nitrogens with zero attached hydrogens (tertiary/aromatic N) is 4. The minimum Gasteiger partial charge on any atom is -0.326 e. The van der Waals surface area contributed by atoms with Crippen LogP contribution < -0.4 is 16.6 Å². The summed E-state index contributed by atoms with van der Waals surface area (Å²) in [6, 6.07) is 6.09. The number of carbonyl (C=O) groups excluding carboxylic acids is 1. The van der Waals surface area contributed by atoms with Crippen LogP contribution in [0.1, 0.15) is 37.8 Å². The predicted octanol–water partition coefficient (Wildman–Crippen LogP) is 1.98. The summed E-state index contributed by atoms with van der Waals surface area (Å²) in [7, 11) is 3.04. The molecular weight excluding hydrogens is 370 g/mol. The van der Waals surface area contributed by atoms with E-state index in [0.29, 0.717) is 30.6 Å². The average Bonchev–Trinajstić information content (AvgIpc) is 3.14. The highest BCUT2D eigenvalue weighted by Gasteiger charge is 2.15. The molecule has 1 amide bonds. The van der Waals surface area contributed by atoms with Crippen molar-refractivity contribution in [1.82, 2.24) is 18.7 Å². The summed E-state index contributed by atoms with van der Waals surface area (Å²) in [5, 5.41) is 3.06. The van der Waals surface area contributed by atoms with E-state index in [4.69, 9.17) is 0 Å². The van der Waals surface area contributed by atoms with Crippen molar-refractivity contribution in [2.75, 3.05) is 5.32 Å². The van der Waals surface area contributed by atoms with E-state index in [9.17, 15) is 14.4 Å². The summed E-state index contributed by atoms with van der Waals surface area (Å²) in [5.74, 6) is -0.0506. The van der Waals surface area contributed by atoms with Gasteiger partial charge in [0.2, 0.25) is 5.91 Å². The van der Waals surface area contributed by atoms with Crippen LogP contribution in [0.25, 0.3) is 11.2 Å². The quantitative estimate of drug-likeness (QED) is 0.660. The summed E-state index contributed by atoms with van der Waals surface area (Å²) in [4.78, 5) is 41.2. The molecule has 2 heterocycles. The van der Waals surface area contributed by atoms with Gasteiger partial charge >= 0.3 is 5.69 Å². The van der Waals surface area contributed by atoms with E-state index in [1.807, 2.05) is 18.2 Å². The zero-order valence-corrected chi connectivity index (χ0v) is 17.4. The molecule has 1 N–H and O–H groups in total. The molecule has 0 radical (unpaired) electrons. The van der Waals surface area contributed by atoms with E-state index in [0.717, 1.165) is 34.2 Å². The topological polar surface area (TPSA) is 90.9 Å². The van der Waals surface area contributed by atoms with Crippen LogP contribution in [0.4, 0.5) is 5.69 Å². The molecule has 8 nitrogen and oxygen atoms in total. The second-order valence-electron chi connectivity index (χ2n) is 7.13. The normalized spacial score (nSPS) is 11.2. The van der Waals surface area contributed by atoms with Crippen molar-refractivity contribution in [3.8, 4) is 0 Å². The van der Waals surface area contributed by atoms with Crippen molar-refractivity contribution in [2.24, 2.45) is 14.1 Å². The summed E-state index contributed by atoms with van der Waals surface area (Å²) >= 11 is 0. The van der Waals surface area contributed by atoms with E-state index in [2.05, 4.69) is 24.1 Å². The molecule has 2 aromatic heterocycles. The highest BCUT2D eigenvalue weighted by atomic mass is 16.2. The first-order valence-corrected chi connectivity index (χ1v) is 9.90. The smallest absolute Gasteiger partial charge is 0.326 e. The Morgan fingerprint density at radius 1 is 1.07 bits per heavy atom. The summed E-state index contributed by atoms with van der Waals surface area (Å²) in [6.07, 6.45) is 4.13. The van der Waals surface area contributed by atoms with Crippen molar-refractivity contribution in [3.05, 3.63) is 56.5 Å². The lowest BCUT2D eigenvalue weighted by Crippen LogP contribution is -2.37. The molecule has 1 aromatic carbocycles. The van der Waals surface area contributed by atoms with Crippen LogP contribution in [0.15, 0.2) is 34.1 Å². The van der Waals surface area contributed by atoms with Crippen LogP contribution in [0, 0.1) is 0 Å². The molecule has 0 unspecified atom stereocenters. The first-order chi connectivity index (χ1) is 13.9. The minimum absolute atomic E-state index is 0.0506. The van der Waals surface area contributed by atoms with Gasteiger partial charge in [-0.2, -0.15) is 0 Å². The Kier molecular flexibility index (Phi) is 6.00. The second-order valence-corrected chi connectivity index (χ2v) is 7.13. The standard InChI is InChI=1S/C21H27N5O3/c1-5-14-9-7-10-15(6-2)17(14)23-16(27)11-8-12-26-13-22-19-18(26)20(28)25(4)21(29)24(19)3/h7,9-10,13H,5-6,8,11-12H2,1-4H3,(H,23,27). The molecule has 0 bridgehead atoms. The summed E-state index contributed by atoms with van der Waals surface area (Å²) in [5.41, 5.74) is 3.11. The fourth-order valence-corrected chi connectivity index (χ4v) is 3.58. The monoisotopic (exact) mass is 397 g/mol. The maximum Gasteiger partial charge on any atom is 0.332 e. The van der Waals surface area contributed by atoms with Gasteiger partial charge in [0.15, 0.2) is 11.2 Å². The van der Waals surface area contributed by atoms with Crippen LogP contribution in [0.5, 0.6) is 0 Å². The first-order valence-electron chi connectivity index (χ1n) is 9.90. The van der Waals surface area contributed by atoms with Crippen molar-refractivity contribution < 1.29 is 4.79 Å². The SMILES string of the molecule is CCc1cccc(CC)c1NC(=O)CCCn1cnc2c1c(=O)n(C)c(=O)n2C. The third-order valence-corrected chi connectivity index (χ3v) is 5.28. The van der Waals surface area contributed by atoms with Crippen LogP contribution in [-0.2, 0) is 38.3 Å². The van der Waals surface area contributed by atoms with E-state index in [1.165, 1.54) is 11.6 Å². The zero-order chi connectivity index (χ0) is 21.1. The largest absolute Gasteiger partial charge is 0.332 e. The zero-order valence-electron chi connectivity index (χ0n) is 17.4. The maximum atomic E-state index is 12.5. The lowest BCUT2D eigenvalue weighted by molar-refractivity contribution is -0.116. The number of hydrogen-bond donors (Lipinski definition) is 1. The van der Waals surface area contributed by atoms with Gasteiger partial charge in [-0.1, -0.05) is 32.0 Å². The van der Waals surface area contributed by atoms with Gasteiger partial charge in [-0.05, 0) is 30.4 Å². The van der Waals surface area contributed by atoms with Crippen LogP contribution in [-0.4, -0.2) is 24.6 Å². The first kappa shape index (κ1) is 20.6. The number of benzene rings is 1. The van der Waals surface area contributed by atoms with E-state index in [1.54, 1.807) is 17.9 Å². The highest BCUT2D eigenvalue weighted by Crippen LogP contribution is 2.23. The Balaban J connectivity index is 1.72. The van der Waals surface area contributed by atoms with Gasteiger partial charge in [-0.15, -0.1) is 0 Å². The number of hydrogen-bond acceptors (Lipinski definition) is 4. The lowest BCUT2D eigenvalue weighted by Gasteiger charge is -2.14. The van der Waals surface area contributed by atoms with Crippen LogP contribution in [0.2, 0.25) is 0 Å². The second kappa shape index (κ2) is 8.46. The van der Waals surface area contributed by atoms with Gasteiger partial charge in [-0.3, -0.25) is 18.7 Å². The van der Waals surface area contributed by atoms with Crippen LogP contribution in [0.3, 0.4) is 0 Å². The minimum atomic E-state index is -0.409. The number of nitrogens with one attached hydrogen (secondary N) is 1.